The number of hydrogen-bond acceptors (Lipinski definition) is 7. The van der Waals surface area contributed by atoms with E-state index >= 15 is 0 Å². The van der Waals surface area contributed by atoms with E-state index in [4.69, 9.17) is 18.9 Å². The zero-order chi connectivity index (χ0) is 27.3. The Morgan fingerprint density at radius 1 is 0.750 bits per heavy atom. The van der Waals surface area contributed by atoms with Gasteiger partial charge in [0.05, 0.1) is 12.0 Å². The highest BCUT2D eigenvalue weighted by atomic mass is 16.7. The minimum Gasteiger partial charge on any atom is -0.454 e. The van der Waals surface area contributed by atoms with Gasteiger partial charge in [0, 0.05) is 11.5 Å². The maximum absolute atomic E-state index is 14.6. The number of rotatable bonds is 5. The molecule has 7 heteroatoms. The molecule has 0 aromatic heterocycles. The Labute approximate surface area is 231 Å². The quantitative estimate of drug-likeness (QED) is 0.341. The predicted molar refractivity (Wildman–Crippen MR) is 144 cm³/mol. The van der Waals surface area contributed by atoms with Gasteiger partial charge in [-0.15, -0.1) is 0 Å². The number of hydrogen-bond donors (Lipinski definition) is 1. The highest BCUT2D eigenvalue weighted by Gasteiger charge is 2.67. The van der Waals surface area contributed by atoms with E-state index in [1.165, 1.54) is 0 Å². The molecule has 1 aliphatic carbocycles. The molecule has 1 fully saturated rings. The smallest absolute Gasteiger partial charge is 0.231 e. The highest BCUT2D eigenvalue weighted by molar-refractivity contribution is 6.01. The van der Waals surface area contributed by atoms with Crippen molar-refractivity contribution in [3.8, 4) is 29.1 Å². The number of nitrogens with zero attached hydrogens (tertiary/aromatic N) is 1. The molecule has 7 nitrogen and oxygen atoms in total. The molecule has 0 radical (unpaired) electrons. The summed E-state index contributed by atoms with van der Waals surface area (Å²) in [4.78, 5) is 14.6. The van der Waals surface area contributed by atoms with E-state index in [-0.39, 0.29) is 25.8 Å². The van der Waals surface area contributed by atoms with Crippen LogP contribution < -0.4 is 18.9 Å². The molecule has 0 saturated heterocycles. The van der Waals surface area contributed by atoms with Crippen LogP contribution >= 0.6 is 0 Å². The maximum atomic E-state index is 14.6. The van der Waals surface area contributed by atoms with Crippen molar-refractivity contribution in [1.29, 1.82) is 5.26 Å². The summed E-state index contributed by atoms with van der Waals surface area (Å²) >= 11 is 0. The fourth-order valence-corrected chi connectivity index (χ4v) is 6.61. The van der Waals surface area contributed by atoms with Crippen LogP contribution in [0.5, 0.6) is 23.0 Å². The number of nitriles is 1. The number of carbonyl (C=O) groups is 1. The minimum atomic E-state index is -1.67. The molecule has 4 aromatic carbocycles. The third-order valence-corrected chi connectivity index (χ3v) is 8.43. The number of ether oxygens (including phenoxy) is 4. The van der Waals surface area contributed by atoms with Crippen molar-refractivity contribution in [3.63, 3.8) is 0 Å². The van der Waals surface area contributed by atoms with Crippen LogP contribution in [0.2, 0.25) is 0 Å². The van der Waals surface area contributed by atoms with Crippen molar-refractivity contribution in [2.24, 2.45) is 5.92 Å². The van der Waals surface area contributed by atoms with E-state index in [0.29, 0.717) is 39.7 Å². The summed E-state index contributed by atoms with van der Waals surface area (Å²) in [5.41, 5.74) is -0.807. The van der Waals surface area contributed by atoms with E-state index in [1.54, 1.807) is 42.5 Å². The van der Waals surface area contributed by atoms with Gasteiger partial charge < -0.3 is 24.1 Å². The van der Waals surface area contributed by atoms with E-state index in [0.717, 1.165) is 5.56 Å². The van der Waals surface area contributed by atoms with E-state index in [2.05, 4.69) is 6.07 Å². The van der Waals surface area contributed by atoms with Crippen molar-refractivity contribution >= 4 is 5.78 Å². The molecule has 1 saturated carbocycles. The molecule has 0 amide bonds. The standard InChI is InChI=1S/C33H25NO6/c34-18-32(24-12-14-27-29(16-24)40-20-38-27)25(22-11-13-26-28(15-22)39-19-37-26)17-33(36,23-9-5-2-6-10-23)31(32)30(35)21-7-3-1-4-8-21/h1-16,25,31,36H,17,19-20H2. The van der Waals surface area contributed by atoms with Crippen LogP contribution in [-0.2, 0) is 11.0 Å². The highest BCUT2D eigenvalue weighted by Crippen LogP contribution is 2.63. The third kappa shape index (κ3) is 3.50. The second-order valence-electron chi connectivity index (χ2n) is 10.4. The van der Waals surface area contributed by atoms with Gasteiger partial charge in [0.2, 0.25) is 13.6 Å². The average molecular weight is 532 g/mol. The summed E-state index contributed by atoms with van der Waals surface area (Å²) < 4.78 is 22.4. The molecule has 0 spiro atoms. The summed E-state index contributed by atoms with van der Waals surface area (Å²) in [6.07, 6.45) is 0.127. The summed E-state index contributed by atoms with van der Waals surface area (Å²) in [7, 11) is 0. The number of fused-ring (bicyclic) bond motifs is 2. The van der Waals surface area contributed by atoms with Gasteiger partial charge in [-0.2, -0.15) is 5.26 Å². The fraction of sp³-hybridized carbons (Fsp3) is 0.212. The lowest BCUT2D eigenvalue weighted by Crippen LogP contribution is -2.46. The SMILES string of the molecule is N#CC1(c2ccc3c(c2)OCO3)C(c2ccc3c(c2)OCO3)CC(O)(c2ccccc2)C1C(=O)c1ccccc1. The minimum absolute atomic E-state index is 0.0737. The zero-order valence-corrected chi connectivity index (χ0v) is 21.4. The summed E-state index contributed by atoms with van der Waals surface area (Å²) in [6.45, 7) is 0.183. The lowest BCUT2D eigenvalue weighted by molar-refractivity contribution is -0.00485. The first-order chi connectivity index (χ1) is 19.5. The van der Waals surface area contributed by atoms with Crippen molar-refractivity contribution in [2.45, 2.75) is 23.4 Å². The first kappa shape index (κ1) is 24.3. The molecule has 4 unspecified atom stereocenters. The number of Topliss-reactive ketones (excluding diaryl/α,β-unsaturated/α-hetero) is 1. The Hall–Kier alpha value is -4.80. The lowest BCUT2D eigenvalue weighted by atomic mass is 9.62. The van der Waals surface area contributed by atoms with Gasteiger partial charge in [0.1, 0.15) is 11.0 Å². The molecule has 198 valence electrons. The Bertz CT molecular complexity index is 1650. The van der Waals surface area contributed by atoms with E-state index in [9.17, 15) is 15.2 Å². The topological polar surface area (TPSA) is 98.0 Å². The molecule has 7 rings (SSSR count). The van der Waals surface area contributed by atoms with Gasteiger partial charge in [-0.3, -0.25) is 4.79 Å². The van der Waals surface area contributed by atoms with Crippen LogP contribution in [0, 0.1) is 17.2 Å². The molecule has 0 bridgehead atoms. The van der Waals surface area contributed by atoms with Crippen molar-refractivity contribution < 1.29 is 28.8 Å². The van der Waals surface area contributed by atoms with Crippen LogP contribution in [0.15, 0.2) is 97.1 Å². The number of aliphatic hydroxyl groups is 1. The summed E-state index contributed by atoms with van der Waals surface area (Å²) in [6, 6.07) is 31.5. The number of benzene rings is 4. The van der Waals surface area contributed by atoms with Gasteiger partial charge in [-0.1, -0.05) is 72.8 Å². The fourth-order valence-electron chi connectivity index (χ4n) is 6.61. The van der Waals surface area contributed by atoms with Gasteiger partial charge in [-0.05, 0) is 47.4 Å². The number of ketones is 1. The van der Waals surface area contributed by atoms with Crippen LogP contribution in [-0.4, -0.2) is 24.5 Å². The molecule has 4 aromatic rings. The molecule has 2 heterocycles. The third-order valence-electron chi connectivity index (χ3n) is 8.43. The molecule has 1 N–H and O–H groups in total. The molecule has 40 heavy (non-hydrogen) atoms. The Kier molecular flexibility index (Phi) is 5.55. The second kappa shape index (κ2) is 9.15. The summed E-state index contributed by atoms with van der Waals surface area (Å²) in [5, 5.41) is 24.0. The predicted octanol–water partition coefficient (Wildman–Crippen LogP) is 5.48. The Balaban J connectivity index is 1.51. The van der Waals surface area contributed by atoms with Crippen LogP contribution in [0.25, 0.3) is 0 Å². The van der Waals surface area contributed by atoms with Crippen LogP contribution in [0.3, 0.4) is 0 Å². The lowest BCUT2D eigenvalue weighted by Gasteiger charge is -2.38. The van der Waals surface area contributed by atoms with Gasteiger partial charge in [-0.25, -0.2) is 0 Å². The summed E-state index contributed by atoms with van der Waals surface area (Å²) in [5.74, 6) is 0.199. The monoisotopic (exact) mass is 531 g/mol. The Morgan fingerprint density at radius 3 is 2.02 bits per heavy atom. The molecule has 3 aliphatic rings. The number of carbonyl (C=O) groups excluding carboxylic acids is 1. The largest absolute Gasteiger partial charge is 0.454 e. The van der Waals surface area contributed by atoms with E-state index in [1.807, 2.05) is 54.6 Å². The first-order valence-corrected chi connectivity index (χ1v) is 13.1. The van der Waals surface area contributed by atoms with Crippen LogP contribution in [0.4, 0.5) is 0 Å². The molecule has 2 aliphatic heterocycles. The van der Waals surface area contributed by atoms with E-state index < -0.39 is 22.9 Å². The van der Waals surface area contributed by atoms with Crippen LogP contribution in [0.1, 0.15) is 39.4 Å². The maximum Gasteiger partial charge on any atom is 0.231 e. The Morgan fingerprint density at radius 2 is 1.35 bits per heavy atom. The van der Waals surface area contributed by atoms with Gasteiger partial charge in [0.25, 0.3) is 0 Å². The van der Waals surface area contributed by atoms with Gasteiger partial charge in [0.15, 0.2) is 28.8 Å². The molecular formula is C33H25NO6. The first-order valence-electron chi connectivity index (χ1n) is 13.1. The second-order valence-corrected chi connectivity index (χ2v) is 10.4. The van der Waals surface area contributed by atoms with Crippen molar-refractivity contribution in [2.75, 3.05) is 13.6 Å². The van der Waals surface area contributed by atoms with Gasteiger partial charge >= 0.3 is 0 Å². The average Bonchev–Trinajstić information content (AvgIpc) is 3.73. The van der Waals surface area contributed by atoms with Crippen molar-refractivity contribution in [3.05, 3.63) is 119 Å². The molecule has 4 atom stereocenters. The molecular weight excluding hydrogens is 506 g/mol. The van der Waals surface area contributed by atoms with Crippen molar-refractivity contribution in [1.82, 2.24) is 0 Å². The normalized spacial score (nSPS) is 25.9. The zero-order valence-electron chi connectivity index (χ0n) is 21.4.